The molecule has 0 atom stereocenters. The minimum atomic E-state index is 0.939. The second kappa shape index (κ2) is 6.49. The van der Waals surface area contributed by atoms with Gasteiger partial charge in [0.25, 0.3) is 0 Å². The maximum atomic E-state index is 4.56. The fraction of sp³-hybridized carbons (Fsp3) is 0. The van der Waals surface area contributed by atoms with Crippen LogP contribution in [0.4, 0.5) is 0 Å². The average molecular weight is 363 g/mol. The van der Waals surface area contributed by atoms with E-state index in [1.54, 1.807) is 22.0 Å². The van der Waals surface area contributed by atoms with E-state index in [1.165, 1.54) is 22.0 Å². The number of benzene rings is 2. The summed E-state index contributed by atoms with van der Waals surface area (Å²) in [5.74, 6) is 1.88. The third kappa shape index (κ3) is 2.71. The lowest BCUT2D eigenvalue weighted by Crippen LogP contribution is -2.38. The van der Waals surface area contributed by atoms with Gasteiger partial charge >= 0.3 is 0 Å². The second-order valence-electron chi connectivity index (χ2n) is 4.41. The molecule has 0 fully saturated rings. The van der Waals surface area contributed by atoms with Gasteiger partial charge in [-0.2, -0.15) is 17.6 Å². The monoisotopic (exact) mass is 362 g/mol. The van der Waals surface area contributed by atoms with Crippen LogP contribution in [0.3, 0.4) is 0 Å². The van der Waals surface area contributed by atoms with E-state index in [0.717, 1.165) is 22.8 Å². The summed E-state index contributed by atoms with van der Waals surface area (Å²) >= 11 is 0. The molecule has 8 heteroatoms. The molecule has 0 radical (unpaired) electrons. The smallest absolute Gasteiger partial charge is 0.177 e. The molecular formula is C14H10N4S4. The first-order valence-electron chi connectivity index (χ1n) is 6.48. The van der Waals surface area contributed by atoms with Gasteiger partial charge < -0.3 is 0 Å². The van der Waals surface area contributed by atoms with E-state index in [2.05, 4.69) is 41.9 Å². The Kier molecular flexibility index (Phi) is 4.24. The fourth-order valence-electron chi connectivity index (χ4n) is 2.04. The molecule has 22 heavy (non-hydrogen) atoms. The van der Waals surface area contributed by atoms with Crippen LogP contribution in [-0.4, -0.2) is 20.5 Å². The Labute approximate surface area is 144 Å². The zero-order chi connectivity index (χ0) is 14.8. The van der Waals surface area contributed by atoms with Crippen molar-refractivity contribution < 1.29 is 0 Å². The maximum absolute atomic E-state index is 4.56. The van der Waals surface area contributed by atoms with E-state index in [9.17, 15) is 0 Å². The molecule has 0 N–H and O–H groups in total. The Balaban J connectivity index is 1.64. The van der Waals surface area contributed by atoms with Crippen LogP contribution in [0.25, 0.3) is 0 Å². The molecule has 0 spiro atoms. The second-order valence-corrected chi connectivity index (χ2v) is 7.85. The number of amidine groups is 2. The zero-order valence-corrected chi connectivity index (χ0v) is 14.5. The first-order valence-corrected chi connectivity index (χ1v) is 10.6. The van der Waals surface area contributed by atoms with Gasteiger partial charge in [-0.05, 0) is 0 Å². The third-order valence-electron chi connectivity index (χ3n) is 3.05. The fourth-order valence-corrected chi connectivity index (χ4v) is 5.83. The molecule has 0 unspecified atom stereocenters. The summed E-state index contributed by atoms with van der Waals surface area (Å²) in [6.07, 6.45) is 0. The lowest BCUT2D eigenvalue weighted by Gasteiger charge is -2.27. The normalized spacial score (nSPS) is 17.6. The van der Waals surface area contributed by atoms with Crippen LogP contribution in [0.5, 0.6) is 0 Å². The van der Waals surface area contributed by atoms with Crippen LogP contribution in [0, 0.1) is 0 Å². The quantitative estimate of drug-likeness (QED) is 0.573. The highest BCUT2D eigenvalue weighted by molar-refractivity contribution is 8.77. The summed E-state index contributed by atoms with van der Waals surface area (Å²) in [6.45, 7) is 0. The topological polar surface area (TPSA) is 31.2 Å². The minimum Gasteiger partial charge on any atom is -0.182 e. The Bertz CT molecular complexity index is 657. The zero-order valence-electron chi connectivity index (χ0n) is 11.2. The van der Waals surface area contributed by atoms with Crippen LogP contribution in [0.2, 0.25) is 0 Å². The number of rotatable bonds is 3. The molecule has 0 aromatic heterocycles. The highest BCUT2D eigenvalue weighted by atomic mass is 33.1. The highest BCUT2D eigenvalue weighted by Crippen LogP contribution is 2.46. The Hall–Kier alpha value is -1.22. The van der Waals surface area contributed by atoms with Crippen LogP contribution in [0.1, 0.15) is 11.1 Å². The molecule has 2 heterocycles. The molecule has 2 aliphatic heterocycles. The predicted octanol–water partition coefficient (Wildman–Crippen LogP) is 4.85. The van der Waals surface area contributed by atoms with Gasteiger partial charge in [0.15, 0.2) is 11.7 Å². The summed E-state index contributed by atoms with van der Waals surface area (Å²) in [6, 6.07) is 20.4. The van der Waals surface area contributed by atoms with E-state index in [4.69, 9.17) is 0 Å². The maximum Gasteiger partial charge on any atom is 0.177 e. The molecule has 0 saturated heterocycles. The van der Waals surface area contributed by atoms with Gasteiger partial charge in [-0.25, -0.2) is 0 Å². The van der Waals surface area contributed by atoms with Gasteiger partial charge in [0, 0.05) is 11.1 Å². The summed E-state index contributed by atoms with van der Waals surface area (Å²) in [4.78, 5) is 0. The molecule has 2 aromatic carbocycles. The van der Waals surface area contributed by atoms with Gasteiger partial charge in [-0.1, -0.05) is 60.7 Å². The molecule has 110 valence electrons. The summed E-state index contributed by atoms with van der Waals surface area (Å²) in [5, 5.41) is 0. The van der Waals surface area contributed by atoms with E-state index >= 15 is 0 Å². The van der Waals surface area contributed by atoms with Crippen molar-refractivity contribution in [1.29, 1.82) is 0 Å². The first-order chi connectivity index (χ1) is 10.9. The number of nitrogens with zero attached hydrogens (tertiary/aromatic N) is 4. The molecule has 2 aromatic rings. The van der Waals surface area contributed by atoms with Crippen molar-refractivity contribution in [3.63, 3.8) is 0 Å². The van der Waals surface area contributed by atoms with Crippen LogP contribution < -0.4 is 0 Å². The number of hydrogen-bond acceptors (Lipinski definition) is 8. The lowest BCUT2D eigenvalue weighted by molar-refractivity contribution is 0.444. The lowest BCUT2D eigenvalue weighted by atomic mass is 10.2. The summed E-state index contributed by atoms with van der Waals surface area (Å²) in [5.41, 5.74) is 2.20. The Morgan fingerprint density at radius 3 is 1.41 bits per heavy atom. The molecule has 0 aliphatic carbocycles. The van der Waals surface area contributed by atoms with Crippen molar-refractivity contribution in [2.75, 3.05) is 0 Å². The molecule has 0 bridgehead atoms. The molecule has 4 rings (SSSR count). The van der Waals surface area contributed by atoms with Crippen molar-refractivity contribution in [3.8, 4) is 0 Å². The van der Waals surface area contributed by atoms with Crippen molar-refractivity contribution in [1.82, 2.24) is 8.83 Å². The van der Waals surface area contributed by atoms with Crippen LogP contribution in [0.15, 0.2) is 69.5 Å². The van der Waals surface area contributed by atoms with Crippen molar-refractivity contribution in [2.45, 2.75) is 0 Å². The number of hydrazine groups is 1. The van der Waals surface area contributed by atoms with Gasteiger partial charge in [0.05, 0.1) is 43.9 Å². The van der Waals surface area contributed by atoms with Gasteiger partial charge in [-0.3, -0.25) is 0 Å². The molecule has 2 aliphatic rings. The third-order valence-corrected chi connectivity index (χ3v) is 6.43. The van der Waals surface area contributed by atoms with E-state index in [0.29, 0.717) is 0 Å². The van der Waals surface area contributed by atoms with Gasteiger partial charge in [0.2, 0.25) is 0 Å². The Morgan fingerprint density at radius 2 is 1.00 bits per heavy atom. The molecule has 4 nitrogen and oxygen atoms in total. The Morgan fingerprint density at radius 1 is 0.591 bits per heavy atom. The summed E-state index contributed by atoms with van der Waals surface area (Å²) < 4.78 is 13.3. The standard InChI is InChI=1S/C14H10N4S4/c1-3-7-11(8-4-1)13-15-19-21-17(13)18-14(16-20-22-18)12-9-5-2-6-10-12/h1-10H. The predicted molar refractivity (Wildman–Crippen MR) is 100.0 cm³/mol. The van der Waals surface area contributed by atoms with Gasteiger partial charge in [-0.15, -0.1) is 0 Å². The number of hydrogen-bond donors (Lipinski definition) is 0. The van der Waals surface area contributed by atoms with Crippen molar-refractivity contribution in [3.05, 3.63) is 71.8 Å². The van der Waals surface area contributed by atoms with Crippen molar-refractivity contribution >= 4 is 55.6 Å². The van der Waals surface area contributed by atoms with Crippen molar-refractivity contribution in [2.24, 2.45) is 8.80 Å². The summed E-state index contributed by atoms with van der Waals surface area (Å²) in [7, 11) is 6.16. The average Bonchev–Trinajstić information content (AvgIpc) is 3.25. The highest BCUT2D eigenvalue weighted by Gasteiger charge is 2.34. The van der Waals surface area contributed by atoms with Crippen LogP contribution >= 0.6 is 43.9 Å². The van der Waals surface area contributed by atoms with E-state index in [1.807, 2.05) is 36.4 Å². The first kappa shape index (κ1) is 14.4. The molecular weight excluding hydrogens is 352 g/mol. The minimum absolute atomic E-state index is 0.939. The van der Waals surface area contributed by atoms with Crippen LogP contribution in [-0.2, 0) is 0 Å². The SMILES string of the molecule is c1ccc(C2=NSSN2N2SSN=C2c2ccccc2)cc1. The molecule has 0 saturated carbocycles. The molecule has 0 amide bonds. The largest absolute Gasteiger partial charge is 0.182 e. The van der Waals surface area contributed by atoms with E-state index < -0.39 is 0 Å². The van der Waals surface area contributed by atoms with Gasteiger partial charge in [0.1, 0.15) is 0 Å². The van der Waals surface area contributed by atoms with E-state index in [-0.39, 0.29) is 0 Å².